The van der Waals surface area contributed by atoms with Gasteiger partial charge in [0, 0.05) is 26.1 Å². The summed E-state index contributed by atoms with van der Waals surface area (Å²) in [5.74, 6) is 2.38. The summed E-state index contributed by atoms with van der Waals surface area (Å²) in [6.07, 6.45) is 4.88. The third-order valence-corrected chi connectivity index (χ3v) is 3.57. The molecule has 6 nitrogen and oxygen atoms in total. The van der Waals surface area contributed by atoms with Crippen molar-refractivity contribution in [2.75, 3.05) is 31.1 Å². The third kappa shape index (κ3) is 3.43. The SMILES string of the molecule is NCC1CCN(c2n[nH]c(CCCCO)n2)CC1. The molecule has 0 unspecified atom stereocenters. The standard InChI is InChI=1S/C12H23N5O/c13-9-10-4-6-17(7-5-10)12-14-11(15-16-12)3-1-2-8-18/h10,18H,1-9,13H2,(H,14,15,16). The van der Waals surface area contributed by atoms with Gasteiger partial charge in [-0.3, -0.25) is 5.10 Å². The van der Waals surface area contributed by atoms with Gasteiger partial charge in [-0.05, 0) is 38.1 Å². The van der Waals surface area contributed by atoms with Crippen molar-refractivity contribution in [2.45, 2.75) is 32.1 Å². The highest BCUT2D eigenvalue weighted by Gasteiger charge is 2.20. The van der Waals surface area contributed by atoms with Gasteiger partial charge < -0.3 is 15.7 Å². The molecule has 6 heteroatoms. The molecule has 0 amide bonds. The van der Waals surface area contributed by atoms with Gasteiger partial charge in [0.05, 0.1) is 0 Å². The summed E-state index contributed by atoms with van der Waals surface area (Å²) in [6.45, 7) is 3.02. The number of nitrogens with two attached hydrogens (primary N) is 1. The Morgan fingerprint density at radius 3 is 2.78 bits per heavy atom. The number of hydrogen-bond acceptors (Lipinski definition) is 5. The smallest absolute Gasteiger partial charge is 0.244 e. The lowest BCUT2D eigenvalue weighted by atomic mass is 9.97. The minimum Gasteiger partial charge on any atom is -0.396 e. The largest absolute Gasteiger partial charge is 0.396 e. The van der Waals surface area contributed by atoms with Crippen molar-refractivity contribution in [3.63, 3.8) is 0 Å². The Labute approximate surface area is 108 Å². The zero-order valence-corrected chi connectivity index (χ0v) is 10.8. The molecular weight excluding hydrogens is 230 g/mol. The molecule has 1 aromatic rings. The van der Waals surface area contributed by atoms with Crippen LogP contribution in [0.2, 0.25) is 0 Å². The molecule has 1 aliphatic heterocycles. The molecule has 1 saturated heterocycles. The van der Waals surface area contributed by atoms with Gasteiger partial charge in [-0.2, -0.15) is 4.98 Å². The maximum Gasteiger partial charge on any atom is 0.244 e. The summed E-state index contributed by atoms with van der Waals surface area (Å²) in [7, 11) is 0. The molecule has 1 fully saturated rings. The van der Waals surface area contributed by atoms with Gasteiger partial charge in [-0.15, -0.1) is 5.10 Å². The van der Waals surface area contributed by atoms with E-state index in [0.29, 0.717) is 5.92 Å². The molecule has 102 valence electrons. The van der Waals surface area contributed by atoms with Crippen LogP contribution in [0, 0.1) is 5.92 Å². The molecule has 0 aliphatic carbocycles. The lowest BCUT2D eigenvalue weighted by Gasteiger charge is -2.30. The van der Waals surface area contributed by atoms with Crippen molar-refractivity contribution in [2.24, 2.45) is 11.7 Å². The van der Waals surface area contributed by atoms with Crippen LogP contribution >= 0.6 is 0 Å². The van der Waals surface area contributed by atoms with E-state index in [2.05, 4.69) is 20.1 Å². The first-order valence-electron chi connectivity index (χ1n) is 6.80. The molecule has 18 heavy (non-hydrogen) atoms. The fourth-order valence-corrected chi connectivity index (χ4v) is 2.31. The minimum absolute atomic E-state index is 0.244. The average molecular weight is 253 g/mol. The molecule has 2 rings (SSSR count). The summed E-state index contributed by atoms with van der Waals surface area (Å²) < 4.78 is 0. The molecule has 1 aromatic heterocycles. The summed E-state index contributed by atoms with van der Waals surface area (Å²) >= 11 is 0. The van der Waals surface area contributed by atoms with Crippen LogP contribution < -0.4 is 10.6 Å². The first-order chi connectivity index (χ1) is 8.83. The van der Waals surface area contributed by atoms with E-state index in [4.69, 9.17) is 10.8 Å². The van der Waals surface area contributed by atoms with Gasteiger partial charge in [0.2, 0.25) is 5.95 Å². The molecule has 4 N–H and O–H groups in total. The number of aliphatic hydroxyl groups excluding tert-OH is 1. The van der Waals surface area contributed by atoms with Crippen molar-refractivity contribution < 1.29 is 5.11 Å². The van der Waals surface area contributed by atoms with Gasteiger partial charge in [0.25, 0.3) is 0 Å². The molecule has 0 radical (unpaired) electrons. The van der Waals surface area contributed by atoms with E-state index in [1.165, 1.54) is 0 Å². The highest BCUT2D eigenvalue weighted by Crippen LogP contribution is 2.19. The fourth-order valence-electron chi connectivity index (χ4n) is 2.31. The molecule has 1 aliphatic rings. The normalized spacial score (nSPS) is 17.3. The number of nitrogens with one attached hydrogen (secondary N) is 1. The van der Waals surface area contributed by atoms with Crippen LogP contribution in [-0.2, 0) is 6.42 Å². The maximum absolute atomic E-state index is 8.74. The molecule has 0 spiro atoms. The van der Waals surface area contributed by atoms with Crippen molar-refractivity contribution in [1.29, 1.82) is 0 Å². The third-order valence-electron chi connectivity index (χ3n) is 3.57. The van der Waals surface area contributed by atoms with Crippen LogP contribution in [0.4, 0.5) is 5.95 Å². The predicted octanol–water partition coefficient (Wildman–Crippen LogP) is 0.295. The first kappa shape index (κ1) is 13.3. The number of rotatable bonds is 6. The number of unbranched alkanes of at least 4 members (excludes halogenated alkanes) is 1. The van der Waals surface area contributed by atoms with E-state index >= 15 is 0 Å². The maximum atomic E-state index is 8.74. The van der Waals surface area contributed by atoms with Crippen LogP contribution in [-0.4, -0.2) is 46.5 Å². The van der Waals surface area contributed by atoms with Gasteiger partial charge in [0.15, 0.2) is 0 Å². The van der Waals surface area contributed by atoms with Crippen LogP contribution in [0.5, 0.6) is 0 Å². The number of anilines is 1. The predicted molar refractivity (Wildman–Crippen MR) is 70.4 cm³/mol. The number of piperidine rings is 1. The van der Waals surface area contributed by atoms with Crippen molar-refractivity contribution >= 4 is 5.95 Å². The van der Waals surface area contributed by atoms with Crippen molar-refractivity contribution in [1.82, 2.24) is 15.2 Å². The van der Waals surface area contributed by atoms with E-state index < -0.39 is 0 Å². The highest BCUT2D eigenvalue weighted by molar-refractivity contribution is 5.29. The number of aliphatic hydroxyl groups is 1. The lowest BCUT2D eigenvalue weighted by molar-refractivity contribution is 0.284. The summed E-state index contributed by atoms with van der Waals surface area (Å²) in [5.41, 5.74) is 5.68. The van der Waals surface area contributed by atoms with Gasteiger partial charge in [-0.1, -0.05) is 0 Å². The lowest BCUT2D eigenvalue weighted by Crippen LogP contribution is -2.36. The molecule has 0 aromatic carbocycles. The second kappa shape index (κ2) is 6.70. The number of nitrogens with zero attached hydrogens (tertiary/aromatic N) is 3. The highest BCUT2D eigenvalue weighted by atomic mass is 16.2. The summed E-state index contributed by atoms with van der Waals surface area (Å²) in [4.78, 5) is 6.72. The number of hydrogen-bond donors (Lipinski definition) is 3. The van der Waals surface area contributed by atoms with Gasteiger partial charge in [0.1, 0.15) is 5.82 Å². The Morgan fingerprint density at radius 1 is 1.33 bits per heavy atom. The monoisotopic (exact) mass is 253 g/mol. The number of aromatic nitrogens is 3. The zero-order chi connectivity index (χ0) is 12.8. The second-order valence-corrected chi connectivity index (χ2v) is 4.93. The van der Waals surface area contributed by atoms with E-state index in [0.717, 1.165) is 63.5 Å². The van der Waals surface area contributed by atoms with Crippen molar-refractivity contribution in [3.8, 4) is 0 Å². The van der Waals surface area contributed by atoms with E-state index in [-0.39, 0.29) is 6.61 Å². The Morgan fingerprint density at radius 2 is 2.11 bits per heavy atom. The van der Waals surface area contributed by atoms with Crippen LogP contribution in [0.1, 0.15) is 31.5 Å². The summed E-state index contributed by atoms with van der Waals surface area (Å²) in [5, 5.41) is 16.0. The summed E-state index contributed by atoms with van der Waals surface area (Å²) in [6, 6.07) is 0. The zero-order valence-electron chi connectivity index (χ0n) is 10.8. The second-order valence-electron chi connectivity index (χ2n) is 4.93. The minimum atomic E-state index is 0.244. The van der Waals surface area contributed by atoms with Crippen LogP contribution in [0.3, 0.4) is 0 Å². The van der Waals surface area contributed by atoms with Crippen molar-refractivity contribution in [3.05, 3.63) is 5.82 Å². The Hall–Kier alpha value is -1.14. The van der Waals surface area contributed by atoms with Crippen LogP contribution in [0.25, 0.3) is 0 Å². The quantitative estimate of drug-likeness (QED) is 0.634. The van der Waals surface area contributed by atoms with E-state index in [1.54, 1.807) is 0 Å². The fraction of sp³-hybridized carbons (Fsp3) is 0.833. The van der Waals surface area contributed by atoms with Crippen LogP contribution in [0.15, 0.2) is 0 Å². The molecular formula is C12H23N5O. The number of H-pyrrole nitrogens is 1. The molecule has 0 atom stereocenters. The number of aromatic amines is 1. The molecule has 0 bridgehead atoms. The Bertz CT molecular complexity index is 346. The van der Waals surface area contributed by atoms with Gasteiger partial charge >= 0.3 is 0 Å². The Balaban J connectivity index is 1.82. The topological polar surface area (TPSA) is 91.1 Å². The first-order valence-corrected chi connectivity index (χ1v) is 6.80. The average Bonchev–Trinajstić information content (AvgIpc) is 2.88. The van der Waals surface area contributed by atoms with E-state index in [1.807, 2.05) is 0 Å². The molecule has 2 heterocycles. The number of aryl methyl sites for hydroxylation is 1. The van der Waals surface area contributed by atoms with E-state index in [9.17, 15) is 0 Å². The van der Waals surface area contributed by atoms with Gasteiger partial charge in [-0.25, -0.2) is 0 Å². The Kier molecular flexibility index (Phi) is 4.95. The molecule has 0 saturated carbocycles.